The Bertz CT molecular complexity index is 1530. The standard InChI is InChI=1S/C25H20Cl2O11S/c26-14-9-11(5-7-16(14)28)19(13-3-1-2-4-18(13)39(34,35)36)12-6-8-17(15(27)10-12)37-25-22(31)20(29)21(30)23(38-25)24(32)33/h1-10,20-23,25,29-31H,(H,32,33)(H,34,35,36)/b19-11+/t20-,21-,22+,23-,25?/m0/s1. The van der Waals surface area contributed by atoms with Gasteiger partial charge in [0, 0.05) is 5.56 Å². The van der Waals surface area contributed by atoms with Gasteiger partial charge in [0.1, 0.15) is 29.0 Å². The molecule has 39 heavy (non-hydrogen) atoms. The largest absolute Gasteiger partial charge is 0.479 e. The van der Waals surface area contributed by atoms with Gasteiger partial charge < -0.3 is 29.9 Å². The van der Waals surface area contributed by atoms with Crippen LogP contribution in [0.2, 0.25) is 5.02 Å². The third-order valence-electron chi connectivity index (χ3n) is 5.93. The van der Waals surface area contributed by atoms with Crippen molar-refractivity contribution in [3.8, 4) is 5.75 Å². The van der Waals surface area contributed by atoms with Crippen LogP contribution in [-0.4, -0.2) is 75.9 Å². The van der Waals surface area contributed by atoms with Crippen molar-refractivity contribution in [3.63, 3.8) is 0 Å². The number of hydrogen-bond acceptors (Lipinski definition) is 9. The van der Waals surface area contributed by atoms with Gasteiger partial charge in [-0.15, -0.1) is 0 Å². The topological polar surface area (TPSA) is 188 Å². The molecular weight excluding hydrogens is 579 g/mol. The Morgan fingerprint density at radius 1 is 0.974 bits per heavy atom. The van der Waals surface area contributed by atoms with E-state index in [1.54, 1.807) is 0 Å². The van der Waals surface area contributed by atoms with E-state index < -0.39 is 57.5 Å². The van der Waals surface area contributed by atoms with Crippen molar-refractivity contribution in [2.45, 2.75) is 35.6 Å². The van der Waals surface area contributed by atoms with Crippen molar-refractivity contribution >= 4 is 50.6 Å². The molecule has 0 aromatic heterocycles. The molecule has 11 nitrogen and oxygen atoms in total. The summed E-state index contributed by atoms with van der Waals surface area (Å²) in [5.41, 5.74) is 0.888. The summed E-state index contributed by atoms with van der Waals surface area (Å²) in [7, 11) is -4.69. The van der Waals surface area contributed by atoms with Gasteiger partial charge in [0.15, 0.2) is 11.9 Å². The molecule has 2 aromatic rings. The Morgan fingerprint density at radius 3 is 2.28 bits per heavy atom. The molecule has 0 bridgehead atoms. The van der Waals surface area contributed by atoms with Gasteiger partial charge in [-0.1, -0.05) is 53.5 Å². The van der Waals surface area contributed by atoms with E-state index in [2.05, 4.69) is 0 Å². The van der Waals surface area contributed by atoms with E-state index in [0.29, 0.717) is 11.1 Å². The molecule has 0 radical (unpaired) electrons. The number of ketones is 1. The van der Waals surface area contributed by atoms with Gasteiger partial charge >= 0.3 is 5.97 Å². The van der Waals surface area contributed by atoms with Crippen molar-refractivity contribution < 1.29 is 52.5 Å². The first kappa shape index (κ1) is 28.9. The lowest BCUT2D eigenvalue weighted by atomic mass is 9.90. The second kappa shape index (κ2) is 11.2. The maximum Gasteiger partial charge on any atom is 0.335 e. The fraction of sp³-hybridized carbons (Fsp3) is 0.200. The lowest BCUT2D eigenvalue weighted by Gasteiger charge is -2.38. The average Bonchev–Trinajstić information content (AvgIpc) is 2.87. The number of ether oxygens (including phenoxy) is 2. The first-order chi connectivity index (χ1) is 18.3. The first-order valence-corrected chi connectivity index (χ1v) is 13.3. The molecule has 2 aromatic carbocycles. The smallest absolute Gasteiger partial charge is 0.335 e. The molecule has 0 spiro atoms. The lowest BCUT2D eigenvalue weighted by molar-refractivity contribution is -0.271. The Morgan fingerprint density at radius 2 is 1.67 bits per heavy atom. The number of allylic oxidation sites excluding steroid dienone is 5. The lowest BCUT2D eigenvalue weighted by Crippen LogP contribution is -2.61. The number of rotatable bonds is 6. The molecule has 1 fully saturated rings. The van der Waals surface area contributed by atoms with Crippen LogP contribution in [0.1, 0.15) is 11.1 Å². The van der Waals surface area contributed by atoms with Crippen molar-refractivity contribution in [2.24, 2.45) is 0 Å². The van der Waals surface area contributed by atoms with Crippen LogP contribution >= 0.6 is 23.2 Å². The van der Waals surface area contributed by atoms with Crippen LogP contribution < -0.4 is 4.74 Å². The van der Waals surface area contributed by atoms with E-state index in [9.17, 15) is 43.0 Å². The van der Waals surface area contributed by atoms with Gasteiger partial charge in [-0.2, -0.15) is 8.42 Å². The highest BCUT2D eigenvalue weighted by Crippen LogP contribution is 2.38. The summed E-state index contributed by atoms with van der Waals surface area (Å²) in [5.74, 6) is -2.18. The molecule has 4 rings (SSSR count). The van der Waals surface area contributed by atoms with Gasteiger partial charge in [0.2, 0.25) is 6.29 Å². The first-order valence-electron chi connectivity index (χ1n) is 11.1. The molecule has 1 aliphatic heterocycles. The van der Waals surface area contributed by atoms with Gasteiger partial charge in [-0.05, 0) is 47.1 Å². The predicted octanol–water partition coefficient (Wildman–Crippen LogP) is 1.92. The summed E-state index contributed by atoms with van der Waals surface area (Å²) in [5, 5.41) is 39.1. The number of carbonyl (C=O) groups is 2. The highest BCUT2D eigenvalue weighted by atomic mass is 35.5. The molecule has 206 valence electrons. The normalized spacial score (nSPS) is 26.7. The van der Waals surface area contributed by atoms with Crippen LogP contribution in [0, 0.1) is 0 Å². The maximum absolute atomic E-state index is 12.1. The molecule has 1 aliphatic carbocycles. The van der Waals surface area contributed by atoms with E-state index in [1.807, 2.05) is 0 Å². The van der Waals surface area contributed by atoms with Gasteiger partial charge in [0.05, 0.1) is 10.1 Å². The fourth-order valence-electron chi connectivity index (χ4n) is 4.06. The number of aliphatic carboxylic acids is 1. The number of carbonyl (C=O) groups excluding carboxylic acids is 1. The molecule has 2 aliphatic rings. The van der Waals surface area contributed by atoms with Crippen LogP contribution in [0.25, 0.3) is 5.57 Å². The number of benzene rings is 2. The van der Waals surface area contributed by atoms with Crippen LogP contribution in [0.4, 0.5) is 0 Å². The maximum atomic E-state index is 12.1. The zero-order valence-electron chi connectivity index (χ0n) is 19.5. The summed E-state index contributed by atoms with van der Waals surface area (Å²) >= 11 is 12.5. The third-order valence-corrected chi connectivity index (χ3v) is 7.43. The average molecular weight is 599 g/mol. The summed E-state index contributed by atoms with van der Waals surface area (Å²) in [6, 6.07) is 9.65. The molecule has 14 heteroatoms. The fourth-order valence-corrected chi connectivity index (χ4v) is 5.16. The van der Waals surface area contributed by atoms with Crippen molar-refractivity contribution in [2.75, 3.05) is 0 Å². The number of carboxylic acid groups (broad SMARTS) is 1. The summed E-state index contributed by atoms with van der Waals surface area (Å²) in [6.07, 6.45) is -5.33. The second-order valence-corrected chi connectivity index (χ2v) is 10.7. The molecule has 5 N–H and O–H groups in total. The molecule has 1 heterocycles. The second-order valence-electron chi connectivity index (χ2n) is 8.49. The number of aliphatic hydroxyl groups excluding tert-OH is 3. The van der Waals surface area contributed by atoms with E-state index in [0.717, 1.165) is 0 Å². The number of hydrogen-bond donors (Lipinski definition) is 5. The summed E-state index contributed by atoms with van der Waals surface area (Å²) in [4.78, 5) is 22.8. The minimum absolute atomic E-state index is 0.0619. The number of halogens is 2. The van der Waals surface area contributed by atoms with Gasteiger partial charge in [0.25, 0.3) is 10.1 Å². The summed E-state index contributed by atoms with van der Waals surface area (Å²) < 4.78 is 44.7. The Labute approximate surface area is 231 Å². The Balaban J connectivity index is 1.79. The molecule has 1 saturated heterocycles. The van der Waals surface area contributed by atoms with E-state index in [4.69, 9.17) is 32.7 Å². The highest BCUT2D eigenvalue weighted by molar-refractivity contribution is 7.86. The Kier molecular flexibility index (Phi) is 8.30. The molecule has 0 saturated carbocycles. The van der Waals surface area contributed by atoms with Crippen molar-refractivity contribution in [3.05, 3.63) is 87.4 Å². The zero-order chi connectivity index (χ0) is 28.6. The van der Waals surface area contributed by atoms with E-state index in [-0.39, 0.29) is 26.9 Å². The van der Waals surface area contributed by atoms with Crippen LogP contribution in [-0.2, 0) is 24.4 Å². The highest BCUT2D eigenvalue weighted by Gasteiger charge is 2.48. The van der Waals surface area contributed by atoms with E-state index >= 15 is 0 Å². The molecule has 5 atom stereocenters. The SMILES string of the molecule is O=C1C=C/C(=C(/c2ccc(OC3O[C@H](C(=O)O)[C@@H](O)[C@H](O)[C@H]3O)c(Cl)c2)c2ccccc2S(=O)(=O)O)C=C1Cl. The molecule has 1 unspecified atom stereocenters. The van der Waals surface area contributed by atoms with Crippen LogP contribution in [0.3, 0.4) is 0 Å². The minimum atomic E-state index is -4.69. The monoisotopic (exact) mass is 598 g/mol. The van der Waals surface area contributed by atoms with Gasteiger partial charge in [-0.25, -0.2) is 4.79 Å². The van der Waals surface area contributed by atoms with Crippen molar-refractivity contribution in [1.29, 1.82) is 0 Å². The van der Waals surface area contributed by atoms with E-state index in [1.165, 1.54) is 60.7 Å². The Hall–Kier alpha value is -3.07. The van der Waals surface area contributed by atoms with Gasteiger partial charge in [-0.3, -0.25) is 9.35 Å². The third kappa shape index (κ3) is 5.93. The quantitative estimate of drug-likeness (QED) is 0.305. The predicted molar refractivity (Wildman–Crippen MR) is 137 cm³/mol. The van der Waals surface area contributed by atoms with Crippen LogP contribution in [0.15, 0.2) is 76.2 Å². The summed E-state index contributed by atoms with van der Waals surface area (Å²) in [6.45, 7) is 0. The molecule has 0 amide bonds. The van der Waals surface area contributed by atoms with Crippen LogP contribution in [0.5, 0.6) is 5.75 Å². The number of carboxylic acids is 1. The minimum Gasteiger partial charge on any atom is -0.479 e. The zero-order valence-corrected chi connectivity index (χ0v) is 21.8. The molecular formula is C25H20Cl2O11S. The number of aliphatic hydroxyl groups is 3. The van der Waals surface area contributed by atoms with Crippen molar-refractivity contribution in [1.82, 2.24) is 0 Å².